The highest BCUT2D eigenvalue weighted by Gasteiger charge is 2.25. The molecule has 0 spiro atoms. The van der Waals surface area contributed by atoms with E-state index in [1.807, 2.05) is 0 Å². The van der Waals surface area contributed by atoms with Gasteiger partial charge >= 0.3 is 0 Å². The Kier molecular flexibility index (Phi) is 7.09. The second-order valence-electron chi connectivity index (χ2n) is 5.47. The minimum atomic E-state index is 0.376. The monoisotopic (exact) mass is 242 g/mol. The van der Waals surface area contributed by atoms with Gasteiger partial charge < -0.3 is 10.1 Å². The zero-order valence-electron chi connectivity index (χ0n) is 12.0. The van der Waals surface area contributed by atoms with Gasteiger partial charge in [-0.1, -0.05) is 19.8 Å². The topological polar surface area (TPSA) is 24.5 Å². The molecule has 1 rings (SSSR count). The van der Waals surface area contributed by atoms with Gasteiger partial charge in [0.05, 0.1) is 12.2 Å². The Bertz CT molecular complexity index is 189. The van der Waals surface area contributed by atoms with Gasteiger partial charge in [-0.25, -0.2) is 0 Å². The maximum atomic E-state index is 5.76. The maximum absolute atomic E-state index is 5.76. The lowest BCUT2D eigenvalue weighted by Gasteiger charge is -2.39. The van der Waals surface area contributed by atoms with Gasteiger partial charge in [-0.15, -0.1) is 0 Å². The van der Waals surface area contributed by atoms with Crippen LogP contribution in [0.1, 0.15) is 47.0 Å². The number of hydrogen-bond acceptors (Lipinski definition) is 3. The average Bonchev–Trinajstić information content (AvgIpc) is 2.27. The van der Waals surface area contributed by atoms with Crippen molar-refractivity contribution in [3.8, 4) is 0 Å². The molecule has 0 aromatic rings. The fourth-order valence-electron chi connectivity index (χ4n) is 2.52. The number of morpholine rings is 1. The van der Waals surface area contributed by atoms with Crippen LogP contribution in [0.4, 0.5) is 0 Å². The molecule has 102 valence electrons. The highest BCUT2D eigenvalue weighted by atomic mass is 16.5. The zero-order valence-corrected chi connectivity index (χ0v) is 12.0. The van der Waals surface area contributed by atoms with Gasteiger partial charge in [0.2, 0.25) is 0 Å². The van der Waals surface area contributed by atoms with Crippen LogP contribution in [-0.4, -0.2) is 49.3 Å². The van der Waals surface area contributed by atoms with Crippen molar-refractivity contribution in [2.24, 2.45) is 0 Å². The molecule has 17 heavy (non-hydrogen) atoms. The summed E-state index contributed by atoms with van der Waals surface area (Å²) in [5, 5.41) is 3.56. The Labute approximate surface area is 107 Å². The number of ether oxygens (including phenoxy) is 1. The van der Waals surface area contributed by atoms with Crippen molar-refractivity contribution in [3.63, 3.8) is 0 Å². The molecule has 0 aromatic heterocycles. The van der Waals surface area contributed by atoms with Crippen LogP contribution in [0.25, 0.3) is 0 Å². The van der Waals surface area contributed by atoms with Crippen molar-refractivity contribution >= 4 is 0 Å². The molecule has 0 aromatic carbocycles. The Morgan fingerprint density at radius 1 is 1.24 bits per heavy atom. The molecule has 1 aliphatic heterocycles. The fraction of sp³-hybridized carbons (Fsp3) is 1.00. The molecule has 1 heterocycles. The van der Waals surface area contributed by atoms with Crippen molar-refractivity contribution in [3.05, 3.63) is 0 Å². The standard InChI is InChI=1S/C14H30N2O/c1-5-6-7-8-15-9-12(2)16-10-13(3)17-14(4)11-16/h12-15H,5-11H2,1-4H3/t12?,13-,14+. The van der Waals surface area contributed by atoms with Crippen molar-refractivity contribution in [2.45, 2.75) is 65.2 Å². The van der Waals surface area contributed by atoms with Gasteiger partial charge in [0, 0.05) is 25.7 Å². The largest absolute Gasteiger partial charge is 0.373 e. The normalized spacial score (nSPS) is 28.2. The third-order valence-corrected chi connectivity index (χ3v) is 3.47. The van der Waals surface area contributed by atoms with E-state index in [4.69, 9.17) is 4.74 Å². The van der Waals surface area contributed by atoms with E-state index in [9.17, 15) is 0 Å². The molecular weight excluding hydrogens is 212 g/mol. The third-order valence-electron chi connectivity index (χ3n) is 3.47. The summed E-state index contributed by atoms with van der Waals surface area (Å²) in [5.41, 5.74) is 0. The van der Waals surface area contributed by atoms with Gasteiger partial charge in [0.25, 0.3) is 0 Å². The summed E-state index contributed by atoms with van der Waals surface area (Å²) in [4.78, 5) is 2.55. The smallest absolute Gasteiger partial charge is 0.0678 e. The molecule has 1 saturated heterocycles. The summed E-state index contributed by atoms with van der Waals surface area (Å²) in [6.45, 7) is 13.3. The Morgan fingerprint density at radius 2 is 1.88 bits per heavy atom. The quantitative estimate of drug-likeness (QED) is 0.693. The van der Waals surface area contributed by atoms with Gasteiger partial charge in [-0.3, -0.25) is 4.90 Å². The lowest BCUT2D eigenvalue weighted by Crippen LogP contribution is -2.51. The van der Waals surface area contributed by atoms with Crippen LogP contribution in [0.2, 0.25) is 0 Å². The van der Waals surface area contributed by atoms with Crippen LogP contribution in [-0.2, 0) is 4.74 Å². The van der Waals surface area contributed by atoms with E-state index in [2.05, 4.69) is 37.9 Å². The molecule has 3 nitrogen and oxygen atoms in total. The van der Waals surface area contributed by atoms with Crippen LogP contribution in [0.5, 0.6) is 0 Å². The molecule has 1 unspecified atom stereocenters. The summed E-state index contributed by atoms with van der Waals surface area (Å²) in [5.74, 6) is 0. The van der Waals surface area contributed by atoms with Crippen LogP contribution in [0, 0.1) is 0 Å². The van der Waals surface area contributed by atoms with Crippen molar-refractivity contribution in [1.29, 1.82) is 0 Å². The lowest BCUT2D eigenvalue weighted by atomic mass is 10.1. The Balaban J connectivity index is 2.15. The van der Waals surface area contributed by atoms with E-state index < -0.39 is 0 Å². The molecule has 0 radical (unpaired) electrons. The highest BCUT2D eigenvalue weighted by molar-refractivity contribution is 4.78. The predicted octanol–water partition coefficient (Wildman–Crippen LogP) is 2.26. The summed E-state index contributed by atoms with van der Waals surface area (Å²) < 4.78 is 5.76. The first kappa shape index (κ1) is 14.9. The number of hydrogen-bond donors (Lipinski definition) is 1. The molecule has 3 atom stereocenters. The molecule has 3 heteroatoms. The number of nitrogens with zero attached hydrogens (tertiary/aromatic N) is 1. The van der Waals surface area contributed by atoms with Gasteiger partial charge in [0.1, 0.15) is 0 Å². The molecule has 0 aliphatic carbocycles. The van der Waals surface area contributed by atoms with Gasteiger partial charge in [-0.05, 0) is 33.7 Å². The van der Waals surface area contributed by atoms with E-state index >= 15 is 0 Å². The van der Waals surface area contributed by atoms with E-state index in [0.717, 1.165) is 26.2 Å². The molecular formula is C14H30N2O. The first-order chi connectivity index (χ1) is 8.13. The summed E-state index contributed by atoms with van der Waals surface area (Å²) in [6, 6.07) is 0.616. The molecule has 0 saturated carbocycles. The Hall–Kier alpha value is -0.120. The molecule has 1 fully saturated rings. The second-order valence-corrected chi connectivity index (χ2v) is 5.47. The highest BCUT2D eigenvalue weighted by Crippen LogP contribution is 2.13. The lowest BCUT2D eigenvalue weighted by molar-refractivity contribution is -0.0780. The van der Waals surface area contributed by atoms with Crippen molar-refractivity contribution in [2.75, 3.05) is 26.2 Å². The SMILES string of the molecule is CCCCCNCC(C)N1C[C@@H](C)O[C@@H](C)C1. The van der Waals surface area contributed by atoms with Crippen LogP contribution >= 0.6 is 0 Å². The number of nitrogens with one attached hydrogen (secondary N) is 1. The first-order valence-corrected chi connectivity index (χ1v) is 7.23. The molecule has 1 aliphatic rings. The molecule has 0 bridgehead atoms. The van der Waals surface area contributed by atoms with Gasteiger partial charge in [0.15, 0.2) is 0 Å². The predicted molar refractivity (Wildman–Crippen MR) is 73.4 cm³/mol. The summed E-state index contributed by atoms with van der Waals surface area (Å²) in [7, 11) is 0. The number of unbranched alkanes of at least 4 members (excludes halogenated alkanes) is 2. The van der Waals surface area contributed by atoms with E-state index in [1.165, 1.54) is 19.3 Å². The second kappa shape index (κ2) is 8.06. The molecule has 0 amide bonds. The minimum absolute atomic E-state index is 0.376. The van der Waals surface area contributed by atoms with E-state index in [1.54, 1.807) is 0 Å². The Morgan fingerprint density at radius 3 is 2.47 bits per heavy atom. The average molecular weight is 242 g/mol. The third kappa shape index (κ3) is 5.84. The van der Waals surface area contributed by atoms with Crippen LogP contribution in [0.3, 0.4) is 0 Å². The first-order valence-electron chi connectivity index (χ1n) is 7.23. The summed E-state index contributed by atoms with van der Waals surface area (Å²) >= 11 is 0. The van der Waals surface area contributed by atoms with Gasteiger partial charge in [-0.2, -0.15) is 0 Å². The summed E-state index contributed by atoms with van der Waals surface area (Å²) in [6.07, 6.45) is 4.70. The van der Waals surface area contributed by atoms with Crippen molar-refractivity contribution < 1.29 is 4.74 Å². The van der Waals surface area contributed by atoms with E-state index in [-0.39, 0.29) is 0 Å². The number of rotatable bonds is 7. The minimum Gasteiger partial charge on any atom is -0.373 e. The fourth-order valence-corrected chi connectivity index (χ4v) is 2.52. The maximum Gasteiger partial charge on any atom is 0.0678 e. The van der Waals surface area contributed by atoms with Crippen molar-refractivity contribution in [1.82, 2.24) is 10.2 Å². The van der Waals surface area contributed by atoms with Crippen LogP contribution in [0.15, 0.2) is 0 Å². The van der Waals surface area contributed by atoms with E-state index in [0.29, 0.717) is 18.2 Å². The molecule has 1 N–H and O–H groups in total. The van der Waals surface area contributed by atoms with Crippen LogP contribution < -0.4 is 5.32 Å². The zero-order chi connectivity index (χ0) is 12.7.